The Hall–Kier alpha value is -2.56. The van der Waals surface area contributed by atoms with Crippen molar-refractivity contribution in [2.75, 3.05) is 6.54 Å². The van der Waals surface area contributed by atoms with E-state index in [9.17, 15) is 9.59 Å². The lowest BCUT2D eigenvalue weighted by Crippen LogP contribution is -2.32. The highest BCUT2D eigenvalue weighted by Gasteiger charge is 2.18. The Bertz CT molecular complexity index is 661. The van der Waals surface area contributed by atoms with Crippen LogP contribution in [-0.2, 0) is 6.42 Å². The van der Waals surface area contributed by atoms with Crippen LogP contribution < -0.4 is 5.32 Å². The number of hydrogen-bond donors (Lipinski definition) is 2. The number of aromatic carboxylic acids is 1. The van der Waals surface area contributed by atoms with Gasteiger partial charge in [-0.2, -0.15) is 0 Å². The van der Waals surface area contributed by atoms with Crippen molar-refractivity contribution in [2.24, 2.45) is 11.8 Å². The summed E-state index contributed by atoms with van der Waals surface area (Å²) in [6.45, 7) is 4.75. The van der Waals surface area contributed by atoms with Gasteiger partial charge >= 0.3 is 5.97 Å². The number of carbonyl (C=O) groups is 2. The Morgan fingerprint density at radius 1 is 1.09 bits per heavy atom. The number of carboxylic acids is 1. The molecule has 1 heterocycles. The number of nitrogens with one attached hydrogen (secondary N) is 1. The average molecular weight is 315 g/mol. The molecule has 2 N–H and O–H groups in total. The lowest BCUT2D eigenvalue weighted by Gasteiger charge is -2.21. The van der Waals surface area contributed by atoms with E-state index in [4.69, 9.17) is 9.52 Å². The van der Waals surface area contributed by atoms with Gasteiger partial charge in [-0.1, -0.05) is 44.2 Å². The van der Waals surface area contributed by atoms with E-state index in [1.54, 1.807) is 0 Å². The molecule has 2 aromatic rings. The van der Waals surface area contributed by atoms with Gasteiger partial charge in [0.1, 0.15) is 0 Å². The summed E-state index contributed by atoms with van der Waals surface area (Å²) in [5.41, 5.74) is 1.23. The van der Waals surface area contributed by atoms with Crippen LogP contribution in [0.3, 0.4) is 0 Å². The molecular weight excluding hydrogens is 294 g/mol. The average Bonchev–Trinajstić information content (AvgIpc) is 3.02. The van der Waals surface area contributed by atoms with E-state index in [0.717, 1.165) is 6.42 Å². The monoisotopic (exact) mass is 315 g/mol. The Morgan fingerprint density at radius 2 is 1.74 bits per heavy atom. The Labute approximate surface area is 135 Å². The van der Waals surface area contributed by atoms with Gasteiger partial charge in [0.15, 0.2) is 5.76 Å². The maximum atomic E-state index is 12.1. The normalized spacial score (nSPS) is 12.1. The summed E-state index contributed by atoms with van der Waals surface area (Å²) >= 11 is 0. The van der Waals surface area contributed by atoms with E-state index in [1.165, 1.54) is 17.7 Å². The second kappa shape index (κ2) is 7.63. The number of benzene rings is 1. The van der Waals surface area contributed by atoms with Crippen LogP contribution in [0.2, 0.25) is 0 Å². The Kier molecular flexibility index (Phi) is 5.57. The van der Waals surface area contributed by atoms with Crippen LogP contribution >= 0.6 is 0 Å². The quantitative estimate of drug-likeness (QED) is 0.822. The largest absolute Gasteiger partial charge is 0.475 e. The number of carboxylic acid groups (broad SMARTS) is 1. The lowest BCUT2D eigenvalue weighted by atomic mass is 9.89. The van der Waals surface area contributed by atoms with E-state index in [0.29, 0.717) is 12.5 Å². The van der Waals surface area contributed by atoms with E-state index in [2.05, 4.69) is 31.3 Å². The fourth-order valence-electron chi connectivity index (χ4n) is 2.35. The maximum absolute atomic E-state index is 12.1. The number of hydrogen-bond acceptors (Lipinski definition) is 3. The zero-order valence-corrected chi connectivity index (χ0v) is 13.3. The van der Waals surface area contributed by atoms with Crippen LogP contribution in [-0.4, -0.2) is 23.5 Å². The Balaban J connectivity index is 1.95. The Morgan fingerprint density at radius 3 is 2.30 bits per heavy atom. The second-order valence-electron chi connectivity index (χ2n) is 5.87. The summed E-state index contributed by atoms with van der Waals surface area (Å²) in [7, 11) is 0. The molecule has 122 valence electrons. The van der Waals surface area contributed by atoms with Crippen molar-refractivity contribution in [1.82, 2.24) is 5.32 Å². The molecule has 2 rings (SSSR count). The van der Waals surface area contributed by atoms with Gasteiger partial charge in [0.25, 0.3) is 5.91 Å². The summed E-state index contributed by atoms with van der Waals surface area (Å²) in [6.07, 6.45) is 0.872. The predicted octanol–water partition coefficient (Wildman–Crippen LogP) is 3.22. The van der Waals surface area contributed by atoms with Crippen LogP contribution in [0.4, 0.5) is 0 Å². The standard InChI is InChI=1S/C18H21NO4/c1-12(2)14(10-13-6-4-3-5-7-13)11-19-17(20)15-8-9-16(23-15)18(21)22/h3-9,12,14H,10-11H2,1-2H3,(H,19,20)(H,21,22). The zero-order chi connectivity index (χ0) is 16.8. The number of carbonyl (C=O) groups excluding carboxylic acids is 1. The number of rotatable bonds is 7. The number of furan rings is 1. The van der Waals surface area contributed by atoms with E-state index >= 15 is 0 Å². The third-order valence-electron chi connectivity index (χ3n) is 3.85. The summed E-state index contributed by atoms with van der Waals surface area (Å²) in [5.74, 6) is -1.11. The molecule has 1 aromatic carbocycles. The SMILES string of the molecule is CC(C)C(CNC(=O)c1ccc(C(=O)O)o1)Cc1ccccc1. The molecule has 1 amide bonds. The molecule has 0 fully saturated rings. The van der Waals surface area contributed by atoms with Crippen LogP contribution in [0.1, 0.15) is 40.5 Å². The smallest absolute Gasteiger partial charge is 0.371 e. The van der Waals surface area contributed by atoms with Gasteiger partial charge in [0, 0.05) is 6.54 Å². The molecule has 5 nitrogen and oxygen atoms in total. The highest BCUT2D eigenvalue weighted by Crippen LogP contribution is 2.17. The van der Waals surface area contributed by atoms with Gasteiger partial charge in [0.05, 0.1) is 0 Å². The molecule has 5 heteroatoms. The lowest BCUT2D eigenvalue weighted by molar-refractivity contribution is 0.0659. The maximum Gasteiger partial charge on any atom is 0.371 e. The third-order valence-corrected chi connectivity index (χ3v) is 3.85. The van der Waals surface area contributed by atoms with Crippen LogP contribution in [0.5, 0.6) is 0 Å². The number of amides is 1. The molecule has 0 saturated carbocycles. The molecule has 1 atom stereocenters. The van der Waals surface area contributed by atoms with E-state index in [1.807, 2.05) is 18.2 Å². The third kappa shape index (κ3) is 4.71. The van der Waals surface area contributed by atoms with Crippen LogP contribution in [0.15, 0.2) is 46.9 Å². The fourth-order valence-corrected chi connectivity index (χ4v) is 2.35. The molecular formula is C18H21NO4. The van der Waals surface area contributed by atoms with Gasteiger partial charge in [-0.3, -0.25) is 4.79 Å². The molecule has 0 spiro atoms. The topological polar surface area (TPSA) is 79.5 Å². The van der Waals surface area contributed by atoms with Gasteiger partial charge in [0.2, 0.25) is 5.76 Å². The van der Waals surface area contributed by atoms with E-state index in [-0.39, 0.29) is 17.4 Å². The zero-order valence-electron chi connectivity index (χ0n) is 13.3. The summed E-state index contributed by atoms with van der Waals surface area (Å²) in [6, 6.07) is 12.8. The van der Waals surface area contributed by atoms with Gasteiger partial charge < -0.3 is 14.8 Å². The van der Waals surface area contributed by atoms with Crippen molar-refractivity contribution >= 4 is 11.9 Å². The highest BCUT2D eigenvalue weighted by atomic mass is 16.4. The highest BCUT2D eigenvalue weighted by molar-refractivity contribution is 5.93. The van der Waals surface area contributed by atoms with E-state index < -0.39 is 11.9 Å². The van der Waals surface area contributed by atoms with Gasteiger partial charge in [-0.25, -0.2) is 4.79 Å². The molecule has 0 aliphatic heterocycles. The molecule has 23 heavy (non-hydrogen) atoms. The van der Waals surface area contributed by atoms with Crippen molar-refractivity contribution in [3.05, 3.63) is 59.5 Å². The van der Waals surface area contributed by atoms with Crippen molar-refractivity contribution in [2.45, 2.75) is 20.3 Å². The molecule has 0 saturated heterocycles. The molecule has 0 aliphatic rings. The van der Waals surface area contributed by atoms with Crippen LogP contribution in [0, 0.1) is 11.8 Å². The van der Waals surface area contributed by atoms with Crippen molar-refractivity contribution in [1.29, 1.82) is 0 Å². The summed E-state index contributed by atoms with van der Waals surface area (Å²) in [5, 5.41) is 11.6. The first kappa shape index (κ1) is 16.8. The first-order valence-electron chi connectivity index (χ1n) is 7.62. The van der Waals surface area contributed by atoms with Crippen molar-refractivity contribution < 1.29 is 19.1 Å². The molecule has 0 radical (unpaired) electrons. The van der Waals surface area contributed by atoms with Gasteiger partial charge in [-0.15, -0.1) is 0 Å². The minimum atomic E-state index is -1.19. The molecule has 1 aromatic heterocycles. The van der Waals surface area contributed by atoms with Crippen molar-refractivity contribution in [3.8, 4) is 0 Å². The van der Waals surface area contributed by atoms with Gasteiger partial charge in [-0.05, 0) is 36.0 Å². The molecule has 0 bridgehead atoms. The predicted molar refractivity (Wildman–Crippen MR) is 86.5 cm³/mol. The minimum absolute atomic E-state index is 0.0182. The second-order valence-corrected chi connectivity index (χ2v) is 5.87. The minimum Gasteiger partial charge on any atom is -0.475 e. The molecule has 1 unspecified atom stereocenters. The first-order valence-corrected chi connectivity index (χ1v) is 7.62. The summed E-state index contributed by atoms with van der Waals surface area (Å²) in [4.78, 5) is 22.8. The first-order chi connectivity index (χ1) is 11.0. The molecule has 0 aliphatic carbocycles. The van der Waals surface area contributed by atoms with Crippen molar-refractivity contribution in [3.63, 3.8) is 0 Å². The summed E-state index contributed by atoms with van der Waals surface area (Å²) < 4.78 is 5.01. The van der Waals surface area contributed by atoms with Crippen LogP contribution in [0.25, 0.3) is 0 Å². The fraction of sp³-hybridized carbons (Fsp3) is 0.333.